The Kier molecular flexibility index (Phi) is 7.79. The molecule has 0 spiro atoms. The van der Waals surface area contributed by atoms with Crippen LogP contribution in [0.4, 0.5) is 4.79 Å². The van der Waals surface area contributed by atoms with Crippen LogP contribution < -0.4 is 25.6 Å². The highest BCUT2D eigenvalue weighted by atomic mass is 32.2. The second-order valence-electron chi connectivity index (χ2n) is 5.40. The molecule has 1 heterocycles. The van der Waals surface area contributed by atoms with E-state index in [9.17, 15) is 9.59 Å². The molecule has 142 valence electrons. The van der Waals surface area contributed by atoms with Gasteiger partial charge in [0.2, 0.25) is 0 Å². The molecule has 1 aromatic rings. The molecule has 1 aliphatic rings. The van der Waals surface area contributed by atoms with E-state index in [2.05, 4.69) is 16.2 Å². The quantitative estimate of drug-likeness (QED) is 0.461. The summed E-state index contributed by atoms with van der Waals surface area (Å²) in [5, 5.41) is 3.24. The van der Waals surface area contributed by atoms with Gasteiger partial charge >= 0.3 is 0 Å². The zero-order chi connectivity index (χ0) is 18.9. The smallest absolute Gasteiger partial charge is 0.282 e. The molecule has 0 radical (unpaired) electrons. The van der Waals surface area contributed by atoms with Gasteiger partial charge in [0.25, 0.3) is 11.1 Å². The van der Waals surface area contributed by atoms with Crippen LogP contribution in [0.1, 0.15) is 5.56 Å². The molecule has 2 rings (SSSR count). The number of carbonyl (C=O) groups excluding carboxylic acids is 2. The van der Waals surface area contributed by atoms with Crippen LogP contribution in [0.25, 0.3) is 0 Å². The van der Waals surface area contributed by atoms with E-state index in [0.717, 1.165) is 17.7 Å². The molecular weight excluding hydrogens is 376 g/mol. The number of thiocarbonyl (C=S) groups is 1. The van der Waals surface area contributed by atoms with E-state index in [4.69, 9.17) is 21.7 Å². The molecule has 0 aromatic heterocycles. The summed E-state index contributed by atoms with van der Waals surface area (Å²) in [6, 6.07) is 5.71. The summed E-state index contributed by atoms with van der Waals surface area (Å²) in [5.41, 5.74) is 6.17. The first-order valence-electron chi connectivity index (χ1n) is 7.98. The van der Waals surface area contributed by atoms with Gasteiger partial charge < -0.3 is 19.7 Å². The van der Waals surface area contributed by atoms with Gasteiger partial charge in [-0.2, -0.15) is 0 Å². The number of hydrogen-bond acceptors (Lipinski definition) is 6. The lowest BCUT2D eigenvalue weighted by Crippen LogP contribution is -2.50. The highest BCUT2D eigenvalue weighted by Gasteiger charge is 2.23. The van der Waals surface area contributed by atoms with Gasteiger partial charge in [-0.25, -0.2) is 0 Å². The number of hydrazine groups is 1. The molecule has 8 nitrogen and oxygen atoms in total. The molecule has 0 bridgehead atoms. The predicted octanol–water partition coefficient (Wildman–Crippen LogP) is 0.910. The lowest BCUT2D eigenvalue weighted by atomic mass is 10.1. The summed E-state index contributed by atoms with van der Waals surface area (Å²) in [7, 11) is 3.19. The van der Waals surface area contributed by atoms with Crippen LogP contribution in [0.5, 0.6) is 11.5 Å². The number of nitrogens with one attached hydrogen (secondary N) is 3. The predicted molar refractivity (Wildman–Crippen MR) is 105 cm³/mol. The van der Waals surface area contributed by atoms with Crippen molar-refractivity contribution in [3.05, 3.63) is 23.8 Å². The Labute approximate surface area is 161 Å². The number of carbonyl (C=O) groups is 2. The van der Waals surface area contributed by atoms with E-state index in [1.807, 2.05) is 18.2 Å². The van der Waals surface area contributed by atoms with Crippen LogP contribution in [0.15, 0.2) is 18.2 Å². The van der Waals surface area contributed by atoms with Crippen molar-refractivity contribution in [2.75, 3.05) is 39.6 Å². The molecule has 0 unspecified atom stereocenters. The van der Waals surface area contributed by atoms with Crippen molar-refractivity contribution in [1.82, 2.24) is 21.1 Å². The van der Waals surface area contributed by atoms with Gasteiger partial charge in [0.1, 0.15) is 6.54 Å². The standard InChI is InChI=1S/C16H22N4O4S2/c1-23-12-4-3-11(9-13(12)24-2)5-6-17-15(25)19-18-14(21)10-20-7-8-26-16(20)22/h3-4,9H,5-8,10H2,1-2H3,(H,18,21)(H2,17,19,25). The first-order valence-corrected chi connectivity index (χ1v) is 9.38. The van der Waals surface area contributed by atoms with Crippen molar-refractivity contribution in [1.29, 1.82) is 0 Å². The first kappa shape index (κ1) is 20.1. The summed E-state index contributed by atoms with van der Waals surface area (Å²) < 4.78 is 10.5. The molecule has 26 heavy (non-hydrogen) atoms. The van der Waals surface area contributed by atoms with Gasteiger partial charge in [0.05, 0.1) is 14.2 Å². The minimum absolute atomic E-state index is 0.0209. The van der Waals surface area contributed by atoms with Crippen LogP contribution in [-0.2, 0) is 11.2 Å². The normalized spacial score (nSPS) is 13.3. The van der Waals surface area contributed by atoms with Crippen LogP contribution >= 0.6 is 24.0 Å². The monoisotopic (exact) mass is 398 g/mol. The van der Waals surface area contributed by atoms with Gasteiger partial charge in [0.15, 0.2) is 16.6 Å². The Morgan fingerprint density at radius 2 is 2.04 bits per heavy atom. The van der Waals surface area contributed by atoms with Crippen molar-refractivity contribution >= 4 is 40.2 Å². The van der Waals surface area contributed by atoms with Gasteiger partial charge in [-0.3, -0.25) is 20.4 Å². The largest absolute Gasteiger partial charge is 0.493 e. The lowest BCUT2D eigenvalue weighted by molar-refractivity contribution is -0.122. The molecule has 1 aromatic carbocycles. The van der Waals surface area contributed by atoms with E-state index >= 15 is 0 Å². The summed E-state index contributed by atoms with van der Waals surface area (Å²) in [5.74, 6) is 1.76. The number of amides is 2. The number of nitrogens with zero attached hydrogens (tertiary/aromatic N) is 1. The van der Waals surface area contributed by atoms with Crippen LogP contribution in [0.3, 0.4) is 0 Å². The minimum atomic E-state index is -0.315. The molecular formula is C16H22N4O4S2. The average molecular weight is 399 g/mol. The molecule has 1 aliphatic heterocycles. The Bertz CT molecular complexity index is 672. The SMILES string of the molecule is COc1ccc(CCNC(=S)NNC(=O)CN2CCSC2=O)cc1OC. The zero-order valence-corrected chi connectivity index (χ0v) is 16.3. The topological polar surface area (TPSA) is 91.9 Å². The van der Waals surface area contributed by atoms with Crippen molar-refractivity contribution < 1.29 is 19.1 Å². The number of hydrogen-bond donors (Lipinski definition) is 3. The van der Waals surface area contributed by atoms with Crippen molar-refractivity contribution in [3.63, 3.8) is 0 Å². The molecule has 0 aliphatic carbocycles. The Morgan fingerprint density at radius 3 is 2.69 bits per heavy atom. The highest BCUT2D eigenvalue weighted by molar-refractivity contribution is 8.13. The maximum atomic E-state index is 11.8. The maximum Gasteiger partial charge on any atom is 0.282 e. The van der Waals surface area contributed by atoms with E-state index in [1.54, 1.807) is 14.2 Å². The first-order chi connectivity index (χ1) is 12.5. The third-order valence-electron chi connectivity index (χ3n) is 3.64. The van der Waals surface area contributed by atoms with Gasteiger partial charge in [-0.1, -0.05) is 17.8 Å². The fourth-order valence-electron chi connectivity index (χ4n) is 2.31. The van der Waals surface area contributed by atoms with E-state index in [-0.39, 0.29) is 17.7 Å². The maximum absolute atomic E-state index is 11.8. The molecule has 1 saturated heterocycles. The van der Waals surface area contributed by atoms with Gasteiger partial charge in [-0.05, 0) is 36.3 Å². The van der Waals surface area contributed by atoms with Gasteiger partial charge in [0, 0.05) is 18.8 Å². The third kappa shape index (κ3) is 5.95. The number of rotatable bonds is 7. The fourth-order valence-corrected chi connectivity index (χ4v) is 3.29. The Balaban J connectivity index is 1.67. The minimum Gasteiger partial charge on any atom is -0.493 e. The van der Waals surface area contributed by atoms with E-state index in [1.165, 1.54) is 16.7 Å². The van der Waals surface area contributed by atoms with Crippen LogP contribution in [-0.4, -0.2) is 60.8 Å². The molecule has 10 heteroatoms. The molecule has 0 atom stereocenters. The second kappa shape index (κ2) is 10.1. The second-order valence-corrected chi connectivity index (χ2v) is 6.86. The number of thioether (sulfide) groups is 1. The van der Waals surface area contributed by atoms with Crippen LogP contribution in [0, 0.1) is 0 Å². The molecule has 0 saturated carbocycles. The van der Waals surface area contributed by atoms with E-state index in [0.29, 0.717) is 29.7 Å². The Morgan fingerprint density at radius 1 is 1.27 bits per heavy atom. The van der Waals surface area contributed by atoms with Crippen molar-refractivity contribution in [3.8, 4) is 11.5 Å². The number of benzene rings is 1. The highest BCUT2D eigenvalue weighted by Crippen LogP contribution is 2.27. The molecule has 1 fully saturated rings. The van der Waals surface area contributed by atoms with Gasteiger partial charge in [-0.15, -0.1) is 0 Å². The van der Waals surface area contributed by atoms with Crippen molar-refractivity contribution in [2.24, 2.45) is 0 Å². The molecule has 2 amide bonds. The van der Waals surface area contributed by atoms with Crippen LogP contribution in [0.2, 0.25) is 0 Å². The summed E-state index contributed by atoms with van der Waals surface area (Å²) in [6.07, 6.45) is 0.718. The van der Waals surface area contributed by atoms with E-state index < -0.39 is 0 Å². The summed E-state index contributed by atoms with van der Waals surface area (Å²) in [4.78, 5) is 24.7. The third-order valence-corrected chi connectivity index (χ3v) is 4.78. The Hall–Kier alpha value is -2.20. The molecule has 3 N–H and O–H groups in total. The number of methoxy groups -OCH3 is 2. The lowest BCUT2D eigenvalue weighted by Gasteiger charge is -2.16. The summed E-state index contributed by atoms with van der Waals surface area (Å²) in [6.45, 7) is 1.19. The van der Waals surface area contributed by atoms with Crippen molar-refractivity contribution in [2.45, 2.75) is 6.42 Å². The number of ether oxygens (including phenoxy) is 2. The summed E-state index contributed by atoms with van der Waals surface area (Å²) >= 11 is 6.33. The fraction of sp³-hybridized carbons (Fsp3) is 0.438. The zero-order valence-electron chi connectivity index (χ0n) is 14.7. The average Bonchev–Trinajstić information content (AvgIpc) is 3.04.